The largest absolute Gasteiger partial charge is 0.481 e. The number of hydrogen-bond donors (Lipinski definition) is 1. The van der Waals surface area contributed by atoms with Crippen LogP contribution in [-0.4, -0.2) is 36.7 Å². The van der Waals surface area contributed by atoms with Gasteiger partial charge in [0.25, 0.3) is 5.91 Å². The minimum Gasteiger partial charge on any atom is -0.481 e. The summed E-state index contributed by atoms with van der Waals surface area (Å²) in [5, 5.41) is 8.70. The van der Waals surface area contributed by atoms with Gasteiger partial charge in [-0.1, -0.05) is 18.2 Å². The highest BCUT2D eigenvalue weighted by Crippen LogP contribution is 2.14. The topological polar surface area (TPSA) is 66.8 Å². The van der Waals surface area contributed by atoms with E-state index in [9.17, 15) is 9.59 Å². The van der Waals surface area contributed by atoms with Gasteiger partial charge in [0.2, 0.25) is 0 Å². The molecular weight excluding hydrogens is 234 g/mol. The molecule has 18 heavy (non-hydrogen) atoms. The molecule has 5 nitrogen and oxygen atoms in total. The Hall–Kier alpha value is -1.88. The van der Waals surface area contributed by atoms with Crippen molar-refractivity contribution < 1.29 is 19.4 Å². The maximum atomic E-state index is 11.9. The van der Waals surface area contributed by atoms with Crippen molar-refractivity contribution in [1.82, 2.24) is 0 Å². The third kappa shape index (κ3) is 4.55. The first kappa shape index (κ1) is 14.2. The molecule has 0 aliphatic heterocycles. The number of carbonyl (C=O) groups excluding carboxylic acids is 1. The van der Waals surface area contributed by atoms with Crippen molar-refractivity contribution in [2.24, 2.45) is 0 Å². The highest BCUT2D eigenvalue weighted by atomic mass is 16.5. The second-order valence-corrected chi connectivity index (χ2v) is 3.66. The Balaban J connectivity index is 2.74. The predicted octanol–water partition coefficient (Wildman–Crippen LogP) is 1.53. The van der Waals surface area contributed by atoms with Crippen LogP contribution in [0.1, 0.15) is 13.3 Å². The fraction of sp³-hybridized carbons (Fsp3) is 0.385. The van der Waals surface area contributed by atoms with Gasteiger partial charge in [-0.15, -0.1) is 0 Å². The summed E-state index contributed by atoms with van der Waals surface area (Å²) in [6.45, 7) is 2.36. The van der Waals surface area contributed by atoms with E-state index in [0.717, 1.165) is 0 Å². The zero-order valence-electron chi connectivity index (χ0n) is 10.3. The van der Waals surface area contributed by atoms with Gasteiger partial charge < -0.3 is 14.7 Å². The predicted molar refractivity (Wildman–Crippen MR) is 67.5 cm³/mol. The van der Waals surface area contributed by atoms with Gasteiger partial charge in [0, 0.05) is 18.8 Å². The van der Waals surface area contributed by atoms with E-state index in [1.807, 2.05) is 6.07 Å². The van der Waals surface area contributed by atoms with Crippen LogP contribution in [0.5, 0.6) is 0 Å². The monoisotopic (exact) mass is 251 g/mol. The lowest BCUT2D eigenvalue weighted by Gasteiger charge is -2.22. The van der Waals surface area contributed by atoms with Crippen LogP contribution in [0.2, 0.25) is 0 Å². The molecule has 0 atom stereocenters. The molecule has 0 saturated heterocycles. The zero-order valence-corrected chi connectivity index (χ0v) is 10.3. The first-order chi connectivity index (χ1) is 8.65. The van der Waals surface area contributed by atoms with Crippen molar-refractivity contribution in [1.29, 1.82) is 0 Å². The number of hydrogen-bond acceptors (Lipinski definition) is 3. The number of carbonyl (C=O) groups is 2. The van der Waals surface area contributed by atoms with E-state index in [1.165, 1.54) is 4.90 Å². The number of anilines is 1. The molecular formula is C13H17NO4. The molecule has 98 valence electrons. The lowest BCUT2D eigenvalue weighted by molar-refractivity contribution is -0.136. The van der Waals surface area contributed by atoms with Gasteiger partial charge >= 0.3 is 5.97 Å². The molecule has 1 aromatic carbocycles. The van der Waals surface area contributed by atoms with Crippen LogP contribution >= 0.6 is 0 Å². The fourth-order valence-electron chi connectivity index (χ4n) is 1.48. The van der Waals surface area contributed by atoms with Crippen molar-refractivity contribution in [2.45, 2.75) is 13.3 Å². The summed E-state index contributed by atoms with van der Waals surface area (Å²) in [5.74, 6) is -1.16. The van der Waals surface area contributed by atoms with Crippen molar-refractivity contribution in [3.63, 3.8) is 0 Å². The summed E-state index contributed by atoms with van der Waals surface area (Å²) in [6.07, 6.45) is -0.0905. The maximum Gasteiger partial charge on any atom is 0.305 e. The number of nitrogens with zero attached hydrogens (tertiary/aromatic N) is 1. The van der Waals surface area contributed by atoms with Crippen molar-refractivity contribution in [3.05, 3.63) is 30.3 Å². The second kappa shape index (κ2) is 7.45. The van der Waals surface area contributed by atoms with Crippen molar-refractivity contribution in [3.8, 4) is 0 Å². The summed E-state index contributed by atoms with van der Waals surface area (Å²) in [7, 11) is 0. The van der Waals surface area contributed by atoms with Gasteiger partial charge in [-0.3, -0.25) is 9.59 Å². The maximum absolute atomic E-state index is 11.9. The highest BCUT2D eigenvalue weighted by molar-refractivity contribution is 5.94. The number of benzene rings is 1. The molecule has 0 aliphatic rings. The quantitative estimate of drug-likeness (QED) is 0.798. The molecule has 0 aliphatic carbocycles. The molecule has 1 rings (SSSR count). The van der Waals surface area contributed by atoms with Gasteiger partial charge in [-0.05, 0) is 19.1 Å². The van der Waals surface area contributed by atoms with Crippen LogP contribution in [0.15, 0.2) is 30.3 Å². The van der Waals surface area contributed by atoms with Crippen LogP contribution in [-0.2, 0) is 14.3 Å². The molecule has 0 aromatic heterocycles. The minimum atomic E-state index is -0.930. The third-order valence-electron chi connectivity index (χ3n) is 2.35. The molecule has 0 fully saturated rings. The van der Waals surface area contributed by atoms with Crippen LogP contribution < -0.4 is 4.90 Å². The Morgan fingerprint density at radius 2 is 1.94 bits per heavy atom. The molecule has 0 bridgehead atoms. The Bertz CT molecular complexity index is 391. The Morgan fingerprint density at radius 3 is 2.50 bits per heavy atom. The first-order valence-electron chi connectivity index (χ1n) is 5.80. The van der Waals surface area contributed by atoms with E-state index in [1.54, 1.807) is 31.2 Å². The van der Waals surface area contributed by atoms with Crippen LogP contribution in [0, 0.1) is 0 Å². The molecule has 0 radical (unpaired) electrons. The van der Waals surface area contributed by atoms with Crippen LogP contribution in [0.3, 0.4) is 0 Å². The second-order valence-electron chi connectivity index (χ2n) is 3.66. The van der Waals surface area contributed by atoms with E-state index < -0.39 is 5.97 Å². The van der Waals surface area contributed by atoms with Gasteiger partial charge in [-0.25, -0.2) is 0 Å². The third-order valence-corrected chi connectivity index (χ3v) is 2.35. The lowest BCUT2D eigenvalue weighted by atomic mass is 10.2. The number of carboxylic acid groups (broad SMARTS) is 1. The number of rotatable bonds is 7. The van der Waals surface area contributed by atoms with Gasteiger partial charge in [0.05, 0.1) is 6.42 Å². The Kier molecular flexibility index (Phi) is 5.87. The number of ether oxygens (including phenoxy) is 1. The average molecular weight is 251 g/mol. The molecule has 0 unspecified atom stereocenters. The molecule has 0 heterocycles. The van der Waals surface area contributed by atoms with Crippen LogP contribution in [0.4, 0.5) is 5.69 Å². The first-order valence-corrected chi connectivity index (χ1v) is 5.80. The zero-order chi connectivity index (χ0) is 13.4. The van der Waals surface area contributed by atoms with Gasteiger partial charge in [0.1, 0.15) is 6.61 Å². The van der Waals surface area contributed by atoms with E-state index in [-0.39, 0.29) is 25.5 Å². The number of amides is 1. The molecule has 1 N–H and O–H groups in total. The van der Waals surface area contributed by atoms with Gasteiger partial charge in [0.15, 0.2) is 0 Å². The molecule has 0 saturated carbocycles. The molecule has 0 spiro atoms. The molecule has 1 amide bonds. The number of aliphatic carboxylic acids is 1. The summed E-state index contributed by atoms with van der Waals surface area (Å²) in [6, 6.07) is 8.98. The van der Waals surface area contributed by atoms with E-state index in [4.69, 9.17) is 9.84 Å². The minimum absolute atomic E-state index is 0.0367. The number of carboxylic acids is 1. The SMILES string of the molecule is CCOCC(=O)N(CCC(=O)O)c1ccccc1. The van der Waals surface area contributed by atoms with E-state index >= 15 is 0 Å². The van der Waals surface area contributed by atoms with E-state index in [0.29, 0.717) is 12.3 Å². The van der Waals surface area contributed by atoms with Crippen LogP contribution in [0.25, 0.3) is 0 Å². The normalized spacial score (nSPS) is 10.1. The molecule has 1 aromatic rings. The lowest BCUT2D eigenvalue weighted by Crippen LogP contribution is -2.35. The number of para-hydroxylation sites is 1. The fourth-order valence-corrected chi connectivity index (χ4v) is 1.48. The smallest absolute Gasteiger partial charge is 0.305 e. The highest BCUT2D eigenvalue weighted by Gasteiger charge is 2.16. The van der Waals surface area contributed by atoms with Crippen molar-refractivity contribution in [2.75, 3.05) is 24.7 Å². The van der Waals surface area contributed by atoms with Gasteiger partial charge in [-0.2, -0.15) is 0 Å². The van der Waals surface area contributed by atoms with E-state index in [2.05, 4.69) is 0 Å². The summed E-state index contributed by atoms with van der Waals surface area (Å²) in [4.78, 5) is 24.0. The Morgan fingerprint density at radius 1 is 1.28 bits per heavy atom. The standard InChI is InChI=1S/C13H17NO4/c1-2-18-10-12(15)14(9-8-13(16)17)11-6-4-3-5-7-11/h3-7H,2,8-10H2,1H3,(H,16,17). The summed E-state index contributed by atoms with van der Waals surface area (Å²) in [5.41, 5.74) is 0.684. The van der Waals surface area contributed by atoms with Crippen molar-refractivity contribution >= 4 is 17.6 Å². The summed E-state index contributed by atoms with van der Waals surface area (Å²) < 4.78 is 5.07. The summed E-state index contributed by atoms with van der Waals surface area (Å²) >= 11 is 0. The Labute approximate surface area is 106 Å². The molecule has 5 heteroatoms. The average Bonchev–Trinajstić information content (AvgIpc) is 2.37.